The first-order valence-corrected chi connectivity index (χ1v) is 8.15. The summed E-state index contributed by atoms with van der Waals surface area (Å²) in [6, 6.07) is 14.3. The van der Waals surface area contributed by atoms with Gasteiger partial charge in [0.25, 0.3) is 0 Å². The molecule has 0 saturated carbocycles. The van der Waals surface area contributed by atoms with Crippen LogP contribution in [0.15, 0.2) is 62.0 Å². The molecule has 0 saturated heterocycles. The normalized spacial score (nSPS) is 10.9. The predicted molar refractivity (Wildman–Crippen MR) is 93.5 cm³/mol. The molecule has 98 valence electrons. The minimum Gasteiger partial charge on any atom is -0.380 e. The van der Waals surface area contributed by atoms with Gasteiger partial charge in [0.05, 0.1) is 5.69 Å². The number of benzene rings is 2. The third-order valence-electron chi connectivity index (χ3n) is 2.51. The summed E-state index contributed by atoms with van der Waals surface area (Å²) < 4.78 is 3.10. The van der Waals surface area contributed by atoms with Gasteiger partial charge in [0.1, 0.15) is 0 Å². The van der Waals surface area contributed by atoms with E-state index in [-0.39, 0.29) is 0 Å². The molecule has 0 unspecified atom stereocenters. The van der Waals surface area contributed by atoms with Crippen molar-refractivity contribution in [2.24, 2.45) is 0 Å². The van der Waals surface area contributed by atoms with Crippen molar-refractivity contribution in [1.29, 1.82) is 0 Å². The van der Waals surface area contributed by atoms with Crippen LogP contribution in [0.3, 0.4) is 0 Å². The molecular formula is C15H12Br3N. The number of hydrogen-bond donors (Lipinski definition) is 1. The van der Waals surface area contributed by atoms with Gasteiger partial charge in [0, 0.05) is 20.0 Å². The van der Waals surface area contributed by atoms with Crippen molar-refractivity contribution in [2.45, 2.75) is 0 Å². The van der Waals surface area contributed by atoms with Crippen LogP contribution in [0.2, 0.25) is 0 Å². The molecule has 0 heterocycles. The monoisotopic (exact) mass is 443 g/mol. The van der Waals surface area contributed by atoms with E-state index < -0.39 is 0 Å². The first-order valence-electron chi connectivity index (χ1n) is 5.77. The first kappa shape index (κ1) is 14.8. The van der Waals surface area contributed by atoms with Gasteiger partial charge in [-0.3, -0.25) is 0 Å². The van der Waals surface area contributed by atoms with E-state index in [1.807, 2.05) is 30.3 Å². The van der Waals surface area contributed by atoms with E-state index in [1.165, 1.54) is 5.56 Å². The predicted octanol–water partition coefficient (Wildman–Crippen LogP) is 6.10. The largest absolute Gasteiger partial charge is 0.380 e. The Bertz CT molecular complexity index is 556. The standard InChI is InChI=1S/C15H12Br3N/c16-12-9-13(17)15(14(18)10-12)19-8-4-7-11-5-2-1-3-6-11/h1-7,9-10,19H,8H2. The second kappa shape index (κ2) is 7.27. The zero-order valence-corrected chi connectivity index (χ0v) is 14.8. The summed E-state index contributed by atoms with van der Waals surface area (Å²) in [5.41, 5.74) is 2.26. The van der Waals surface area contributed by atoms with Gasteiger partial charge in [0.2, 0.25) is 0 Å². The second-order valence-corrected chi connectivity index (χ2v) is 6.56. The van der Waals surface area contributed by atoms with Crippen molar-refractivity contribution in [3.63, 3.8) is 0 Å². The molecule has 0 fully saturated rings. The Morgan fingerprint density at radius 1 is 0.947 bits per heavy atom. The molecule has 0 aromatic heterocycles. The third-order valence-corrected chi connectivity index (χ3v) is 4.22. The maximum Gasteiger partial charge on any atom is 0.0632 e. The SMILES string of the molecule is Brc1cc(Br)c(NCC=Cc2ccccc2)c(Br)c1. The fourth-order valence-corrected chi connectivity index (χ4v) is 4.17. The Morgan fingerprint density at radius 3 is 2.21 bits per heavy atom. The highest BCUT2D eigenvalue weighted by Crippen LogP contribution is 2.34. The van der Waals surface area contributed by atoms with Crippen molar-refractivity contribution in [2.75, 3.05) is 11.9 Å². The Labute approximate surface area is 138 Å². The minimum absolute atomic E-state index is 0.772. The van der Waals surface area contributed by atoms with E-state index in [2.05, 4.69) is 77.4 Å². The highest BCUT2D eigenvalue weighted by atomic mass is 79.9. The van der Waals surface area contributed by atoms with Crippen molar-refractivity contribution in [3.8, 4) is 0 Å². The molecular weight excluding hydrogens is 434 g/mol. The lowest BCUT2D eigenvalue weighted by molar-refractivity contribution is 1.32. The number of rotatable bonds is 4. The van der Waals surface area contributed by atoms with Gasteiger partial charge in [0.15, 0.2) is 0 Å². The quantitative estimate of drug-likeness (QED) is 0.599. The Morgan fingerprint density at radius 2 is 1.58 bits per heavy atom. The van der Waals surface area contributed by atoms with Crippen LogP contribution in [0.25, 0.3) is 6.08 Å². The van der Waals surface area contributed by atoms with Gasteiger partial charge < -0.3 is 5.32 Å². The van der Waals surface area contributed by atoms with Crippen LogP contribution in [0.1, 0.15) is 5.56 Å². The summed E-state index contributed by atoms with van der Waals surface area (Å²) in [6.07, 6.45) is 4.21. The van der Waals surface area contributed by atoms with Crippen molar-refractivity contribution < 1.29 is 0 Å². The van der Waals surface area contributed by atoms with Crippen LogP contribution in [-0.2, 0) is 0 Å². The molecule has 19 heavy (non-hydrogen) atoms. The summed E-state index contributed by atoms with van der Waals surface area (Å²) in [4.78, 5) is 0. The number of anilines is 1. The Balaban J connectivity index is 1.98. The van der Waals surface area contributed by atoms with E-state index >= 15 is 0 Å². The average molecular weight is 446 g/mol. The summed E-state index contributed by atoms with van der Waals surface area (Å²) in [5.74, 6) is 0. The van der Waals surface area contributed by atoms with Crippen LogP contribution < -0.4 is 5.32 Å². The number of nitrogens with one attached hydrogen (secondary N) is 1. The molecule has 0 aliphatic carbocycles. The maximum absolute atomic E-state index is 3.55. The molecule has 2 aromatic rings. The van der Waals surface area contributed by atoms with Crippen LogP contribution in [-0.4, -0.2) is 6.54 Å². The zero-order chi connectivity index (χ0) is 13.7. The van der Waals surface area contributed by atoms with E-state index in [0.717, 1.165) is 25.7 Å². The smallest absolute Gasteiger partial charge is 0.0632 e. The third kappa shape index (κ3) is 4.48. The molecule has 0 amide bonds. The maximum atomic E-state index is 3.55. The topological polar surface area (TPSA) is 12.0 Å². The van der Waals surface area contributed by atoms with Gasteiger partial charge in [-0.1, -0.05) is 58.4 Å². The molecule has 0 atom stereocenters. The van der Waals surface area contributed by atoms with Gasteiger partial charge in [-0.05, 0) is 49.6 Å². The van der Waals surface area contributed by atoms with Gasteiger partial charge in [-0.15, -0.1) is 0 Å². The van der Waals surface area contributed by atoms with Crippen LogP contribution in [0.5, 0.6) is 0 Å². The second-order valence-electron chi connectivity index (χ2n) is 3.94. The van der Waals surface area contributed by atoms with Crippen molar-refractivity contribution in [1.82, 2.24) is 0 Å². The summed E-state index contributed by atoms with van der Waals surface area (Å²) in [6.45, 7) is 0.772. The Hall–Kier alpha value is -0.580. The van der Waals surface area contributed by atoms with E-state index in [4.69, 9.17) is 0 Å². The Kier molecular flexibility index (Phi) is 5.67. The first-order chi connectivity index (χ1) is 9.16. The molecule has 0 radical (unpaired) electrons. The zero-order valence-electron chi connectivity index (χ0n) is 10.0. The molecule has 2 aromatic carbocycles. The molecule has 1 nitrogen and oxygen atoms in total. The van der Waals surface area contributed by atoms with Crippen LogP contribution in [0, 0.1) is 0 Å². The average Bonchev–Trinajstić information content (AvgIpc) is 2.38. The fraction of sp³-hybridized carbons (Fsp3) is 0.0667. The lowest BCUT2D eigenvalue weighted by Crippen LogP contribution is -1.99. The lowest BCUT2D eigenvalue weighted by atomic mass is 10.2. The molecule has 0 aliphatic rings. The minimum atomic E-state index is 0.772. The molecule has 0 aliphatic heterocycles. The van der Waals surface area contributed by atoms with Crippen molar-refractivity contribution in [3.05, 3.63) is 67.5 Å². The van der Waals surface area contributed by atoms with Crippen LogP contribution in [0.4, 0.5) is 5.69 Å². The lowest BCUT2D eigenvalue weighted by Gasteiger charge is -2.09. The highest BCUT2D eigenvalue weighted by Gasteiger charge is 2.05. The summed E-state index contributed by atoms with van der Waals surface area (Å²) in [7, 11) is 0. The molecule has 4 heteroatoms. The molecule has 1 N–H and O–H groups in total. The van der Waals surface area contributed by atoms with Gasteiger partial charge in [-0.25, -0.2) is 0 Å². The van der Waals surface area contributed by atoms with Gasteiger partial charge in [-0.2, -0.15) is 0 Å². The highest BCUT2D eigenvalue weighted by molar-refractivity contribution is 9.11. The number of hydrogen-bond acceptors (Lipinski definition) is 1. The number of halogens is 3. The van der Waals surface area contributed by atoms with E-state index in [1.54, 1.807) is 0 Å². The fourth-order valence-electron chi connectivity index (χ4n) is 1.63. The van der Waals surface area contributed by atoms with E-state index in [9.17, 15) is 0 Å². The molecule has 2 rings (SSSR count). The molecule has 0 bridgehead atoms. The van der Waals surface area contributed by atoms with E-state index in [0.29, 0.717) is 0 Å². The summed E-state index contributed by atoms with van der Waals surface area (Å²) >= 11 is 10.6. The van der Waals surface area contributed by atoms with Crippen molar-refractivity contribution >= 4 is 59.6 Å². The molecule has 0 spiro atoms. The summed E-state index contributed by atoms with van der Waals surface area (Å²) in [5, 5.41) is 3.38. The van der Waals surface area contributed by atoms with Crippen LogP contribution >= 0.6 is 47.8 Å². The van der Waals surface area contributed by atoms with Gasteiger partial charge >= 0.3 is 0 Å².